The summed E-state index contributed by atoms with van der Waals surface area (Å²) in [6.07, 6.45) is 5.05. The highest BCUT2D eigenvalue weighted by atomic mass is 16.5. The Hall–Kier alpha value is -2.83. The summed E-state index contributed by atoms with van der Waals surface area (Å²) in [5.41, 5.74) is 0.393. The molecule has 7 heteroatoms. The van der Waals surface area contributed by atoms with E-state index in [4.69, 9.17) is 9.47 Å². The van der Waals surface area contributed by atoms with Gasteiger partial charge in [0.1, 0.15) is 11.5 Å². The molecule has 27 heavy (non-hydrogen) atoms. The van der Waals surface area contributed by atoms with Crippen molar-refractivity contribution in [3.05, 3.63) is 35.9 Å². The van der Waals surface area contributed by atoms with Crippen LogP contribution in [0.15, 0.2) is 30.4 Å². The van der Waals surface area contributed by atoms with E-state index in [1.54, 1.807) is 18.2 Å². The molecular weight excluding hydrogens is 348 g/mol. The molecule has 1 aliphatic heterocycles. The number of hydrogen-bond acceptors (Lipinski definition) is 5. The van der Waals surface area contributed by atoms with Crippen LogP contribution in [0.1, 0.15) is 16.8 Å². The lowest BCUT2D eigenvalue weighted by atomic mass is 9.85. The SMILES string of the molecule is COc1cc(OC)cc(C(=O)NCCN2C(=O)C3C4C=CC(C4)C3C2=O)c1. The van der Waals surface area contributed by atoms with Gasteiger partial charge in [0, 0.05) is 24.7 Å². The van der Waals surface area contributed by atoms with Crippen LogP contribution < -0.4 is 14.8 Å². The number of carbonyl (C=O) groups excluding carboxylic acids is 3. The molecule has 2 aliphatic carbocycles. The third kappa shape index (κ3) is 2.87. The van der Waals surface area contributed by atoms with Gasteiger partial charge in [-0.2, -0.15) is 0 Å². The van der Waals surface area contributed by atoms with Gasteiger partial charge in [0.15, 0.2) is 0 Å². The van der Waals surface area contributed by atoms with Crippen molar-refractivity contribution in [1.29, 1.82) is 0 Å². The number of likely N-dealkylation sites (tertiary alicyclic amines) is 1. The van der Waals surface area contributed by atoms with Gasteiger partial charge >= 0.3 is 0 Å². The molecule has 4 unspecified atom stereocenters. The smallest absolute Gasteiger partial charge is 0.251 e. The van der Waals surface area contributed by atoms with Crippen molar-refractivity contribution in [2.24, 2.45) is 23.7 Å². The minimum atomic E-state index is -0.312. The van der Waals surface area contributed by atoms with Crippen LogP contribution in [0.2, 0.25) is 0 Å². The monoisotopic (exact) mass is 370 g/mol. The van der Waals surface area contributed by atoms with Gasteiger partial charge in [-0.15, -0.1) is 0 Å². The van der Waals surface area contributed by atoms with Crippen LogP contribution >= 0.6 is 0 Å². The summed E-state index contributed by atoms with van der Waals surface area (Å²) >= 11 is 0. The number of carbonyl (C=O) groups is 3. The number of allylic oxidation sites excluding steroid dienone is 2. The highest BCUT2D eigenvalue weighted by Crippen LogP contribution is 2.52. The van der Waals surface area contributed by atoms with Crippen LogP contribution in [0.25, 0.3) is 0 Å². The summed E-state index contributed by atoms with van der Waals surface area (Å²) in [6.45, 7) is 0.398. The second kappa shape index (κ2) is 6.72. The van der Waals surface area contributed by atoms with Crippen LogP contribution in [0.3, 0.4) is 0 Å². The third-order valence-corrected chi connectivity index (χ3v) is 5.80. The maximum atomic E-state index is 12.6. The second-order valence-electron chi connectivity index (χ2n) is 7.19. The standard InChI is InChI=1S/C20H22N2O5/c1-26-14-8-13(9-15(10-14)27-2)18(23)21-5-6-22-19(24)16-11-3-4-12(7-11)17(16)20(22)25/h3-4,8-12,16-17H,5-7H2,1-2H3,(H,21,23). The number of nitrogens with one attached hydrogen (secondary N) is 1. The molecule has 2 fully saturated rings. The van der Waals surface area contributed by atoms with Crippen molar-refractivity contribution in [3.8, 4) is 11.5 Å². The molecule has 4 atom stereocenters. The van der Waals surface area contributed by atoms with E-state index in [0.717, 1.165) is 6.42 Å². The number of imide groups is 1. The number of fused-ring (bicyclic) bond motifs is 5. The zero-order chi connectivity index (χ0) is 19.1. The maximum absolute atomic E-state index is 12.6. The van der Waals surface area contributed by atoms with Gasteiger partial charge in [-0.1, -0.05) is 12.2 Å². The van der Waals surface area contributed by atoms with Crippen LogP contribution in [0.4, 0.5) is 0 Å². The van der Waals surface area contributed by atoms with Gasteiger partial charge in [-0.05, 0) is 30.4 Å². The summed E-state index contributed by atoms with van der Waals surface area (Å²) in [5, 5.41) is 2.76. The Bertz CT molecular complexity index is 781. The summed E-state index contributed by atoms with van der Waals surface area (Å²) in [4.78, 5) is 39.0. The van der Waals surface area contributed by atoms with Crippen molar-refractivity contribution in [2.75, 3.05) is 27.3 Å². The molecule has 0 radical (unpaired) electrons. The molecule has 4 rings (SSSR count). The van der Waals surface area contributed by atoms with Gasteiger partial charge in [-0.25, -0.2) is 0 Å². The van der Waals surface area contributed by atoms with Crippen molar-refractivity contribution >= 4 is 17.7 Å². The molecule has 0 spiro atoms. The first-order valence-electron chi connectivity index (χ1n) is 9.08. The Balaban J connectivity index is 1.37. The van der Waals surface area contributed by atoms with Gasteiger partial charge in [-0.3, -0.25) is 19.3 Å². The van der Waals surface area contributed by atoms with E-state index in [-0.39, 0.29) is 54.5 Å². The Labute approximate surface area is 157 Å². The van der Waals surface area contributed by atoms with E-state index < -0.39 is 0 Å². The van der Waals surface area contributed by atoms with E-state index in [2.05, 4.69) is 17.5 Å². The summed E-state index contributed by atoms with van der Waals surface area (Å²) in [7, 11) is 3.03. The third-order valence-electron chi connectivity index (χ3n) is 5.80. The van der Waals surface area contributed by atoms with Crippen molar-refractivity contribution in [1.82, 2.24) is 10.2 Å². The summed E-state index contributed by atoms with van der Waals surface area (Å²) < 4.78 is 10.3. The average Bonchev–Trinajstić information content (AvgIpc) is 3.36. The Kier molecular flexibility index (Phi) is 4.37. The second-order valence-corrected chi connectivity index (χ2v) is 7.19. The van der Waals surface area contributed by atoms with Crippen molar-refractivity contribution in [2.45, 2.75) is 6.42 Å². The topological polar surface area (TPSA) is 84.9 Å². The zero-order valence-corrected chi connectivity index (χ0v) is 15.3. The van der Waals surface area contributed by atoms with Crippen molar-refractivity contribution < 1.29 is 23.9 Å². The van der Waals surface area contributed by atoms with E-state index in [1.165, 1.54) is 19.1 Å². The molecule has 1 N–H and O–H groups in total. The number of benzene rings is 1. The van der Waals surface area contributed by atoms with Crippen LogP contribution in [0.5, 0.6) is 11.5 Å². The lowest BCUT2D eigenvalue weighted by Crippen LogP contribution is -2.39. The Morgan fingerprint density at radius 3 is 2.11 bits per heavy atom. The molecule has 2 bridgehead atoms. The molecule has 3 amide bonds. The van der Waals surface area contributed by atoms with Gasteiger partial charge in [0.2, 0.25) is 11.8 Å². The van der Waals surface area contributed by atoms with Crippen LogP contribution in [0, 0.1) is 23.7 Å². The number of rotatable bonds is 6. The highest BCUT2D eigenvalue weighted by molar-refractivity contribution is 6.06. The number of amides is 3. The lowest BCUT2D eigenvalue weighted by molar-refractivity contribution is -0.140. The quantitative estimate of drug-likeness (QED) is 0.602. The lowest BCUT2D eigenvalue weighted by Gasteiger charge is -2.17. The number of ether oxygens (including phenoxy) is 2. The molecule has 142 valence electrons. The number of hydrogen-bond donors (Lipinski definition) is 1. The molecule has 1 saturated carbocycles. The van der Waals surface area contributed by atoms with Gasteiger partial charge < -0.3 is 14.8 Å². The zero-order valence-electron chi connectivity index (χ0n) is 15.3. The number of methoxy groups -OCH3 is 2. The first-order valence-corrected chi connectivity index (χ1v) is 9.08. The first-order chi connectivity index (χ1) is 13.0. The molecular formula is C20H22N2O5. The normalized spacial score (nSPS) is 27.9. The fourth-order valence-corrected chi connectivity index (χ4v) is 4.51. The molecule has 1 aromatic carbocycles. The maximum Gasteiger partial charge on any atom is 0.251 e. The predicted molar refractivity (Wildman–Crippen MR) is 96.3 cm³/mol. The largest absolute Gasteiger partial charge is 0.497 e. The highest BCUT2D eigenvalue weighted by Gasteiger charge is 2.58. The minimum Gasteiger partial charge on any atom is -0.497 e. The number of nitrogens with zero attached hydrogens (tertiary/aromatic N) is 1. The van der Waals surface area contributed by atoms with Crippen molar-refractivity contribution in [3.63, 3.8) is 0 Å². The summed E-state index contributed by atoms with van der Waals surface area (Å²) in [6, 6.07) is 4.90. The first kappa shape index (κ1) is 17.6. The van der Waals surface area contributed by atoms with Gasteiger partial charge in [0.05, 0.1) is 26.1 Å². The van der Waals surface area contributed by atoms with E-state index >= 15 is 0 Å². The Morgan fingerprint density at radius 2 is 1.59 bits per heavy atom. The molecule has 1 saturated heterocycles. The van der Waals surface area contributed by atoms with E-state index in [9.17, 15) is 14.4 Å². The molecule has 0 aromatic heterocycles. The van der Waals surface area contributed by atoms with E-state index in [1.807, 2.05) is 0 Å². The molecule has 1 heterocycles. The van der Waals surface area contributed by atoms with Crippen LogP contribution in [-0.2, 0) is 9.59 Å². The Morgan fingerprint density at radius 1 is 1.04 bits per heavy atom. The minimum absolute atomic E-state index is 0.0980. The molecule has 3 aliphatic rings. The fraction of sp³-hybridized carbons (Fsp3) is 0.450. The predicted octanol–water partition coefficient (Wildman–Crippen LogP) is 1.24. The fourth-order valence-electron chi connectivity index (χ4n) is 4.51. The van der Waals surface area contributed by atoms with E-state index in [0.29, 0.717) is 17.1 Å². The van der Waals surface area contributed by atoms with Gasteiger partial charge in [0.25, 0.3) is 5.91 Å². The van der Waals surface area contributed by atoms with Crippen LogP contribution in [-0.4, -0.2) is 49.9 Å². The molecule has 7 nitrogen and oxygen atoms in total. The summed E-state index contributed by atoms with van der Waals surface area (Å²) in [5.74, 6) is 0.504. The molecule has 1 aromatic rings. The average molecular weight is 370 g/mol.